The molecule has 114 valence electrons. The number of hydrogen-bond acceptors (Lipinski definition) is 5. The van der Waals surface area contributed by atoms with Gasteiger partial charge in [-0.1, -0.05) is 6.42 Å². The number of hydrogen-bond donors (Lipinski definition) is 3. The second-order valence-corrected chi connectivity index (χ2v) is 5.80. The first kappa shape index (κ1) is 13.3. The zero-order chi connectivity index (χ0) is 14.9. The molecule has 3 aromatic rings. The summed E-state index contributed by atoms with van der Waals surface area (Å²) in [4.78, 5) is 4.78. The first-order valence-electron chi connectivity index (χ1n) is 7.67. The number of aromatic nitrogens is 5. The standard InChI is InChI=1S/C15H19N7/c16-14-6-12(5-11-3-1-2-4-17-11)21-15-13(9-20-22(14)15)10-7-18-19-8-10/h6-9,11,17H,1-5,16H2,(H,18,19). The van der Waals surface area contributed by atoms with Crippen molar-refractivity contribution in [2.45, 2.75) is 31.7 Å². The lowest BCUT2D eigenvalue weighted by molar-refractivity contribution is 0.397. The Labute approximate surface area is 127 Å². The van der Waals surface area contributed by atoms with Gasteiger partial charge in [0.2, 0.25) is 0 Å². The highest BCUT2D eigenvalue weighted by Crippen LogP contribution is 2.24. The number of anilines is 1. The third-order valence-corrected chi connectivity index (χ3v) is 4.23. The molecule has 22 heavy (non-hydrogen) atoms. The van der Waals surface area contributed by atoms with Crippen molar-refractivity contribution >= 4 is 11.5 Å². The molecule has 0 amide bonds. The van der Waals surface area contributed by atoms with E-state index in [1.54, 1.807) is 16.9 Å². The van der Waals surface area contributed by atoms with Crippen LogP contribution < -0.4 is 11.1 Å². The molecular formula is C15H19N7. The van der Waals surface area contributed by atoms with Crippen molar-refractivity contribution in [3.05, 3.63) is 30.4 Å². The molecule has 1 saturated heterocycles. The van der Waals surface area contributed by atoms with Crippen LogP contribution in [0, 0.1) is 0 Å². The fourth-order valence-electron chi connectivity index (χ4n) is 3.10. The minimum Gasteiger partial charge on any atom is -0.384 e. The van der Waals surface area contributed by atoms with E-state index in [1.807, 2.05) is 12.3 Å². The van der Waals surface area contributed by atoms with Crippen molar-refractivity contribution in [3.8, 4) is 11.1 Å². The molecule has 1 fully saturated rings. The predicted molar refractivity (Wildman–Crippen MR) is 84.3 cm³/mol. The van der Waals surface area contributed by atoms with Crippen molar-refractivity contribution in [3.63, 3.8) is 0 Å². The molecule has 1 atom stereocenters. The number of H-pyrrole nitrogens is 1. The van der Waals surface area contributed by atoms with Crippen LogP contribution >= 0.6 is 0 Å². The van der Waals surface area contributed by atoms with E-state index in [-0.39, 0.29) is 0 Å². The average molecular weight is 297 g/mol. The second kappa shape index (κ2) is 5.42. The van der Waals surface area contributed by atoms with Crippen molar-refractivity contribution in [2.24, 2.45) is 0 Å². The molecule has 0 aliphatic carbocycles. The number of rotatable bonds is 3. The first-order valence-corrected chi connectivity index (χ1v) is 7.67. The summed E-state index contributed by atoms with van der Waals surface area (Å²) < 4.78 is 1.68. The molecule has 3 aromatic heterocycles. The summed E-state index contributed by atoms with van der Waals surface area (Å²) >= 11 is 0. The Hall–Kier alpha value is -2.41. The van der Waals surface area contributed by atoms with Crippen molar-refractivity contribution in [1.29, 1.82) is 0 Å². The maximum Gasteiger partial charge on any atom is 0.165 e. The second-order valence-electron chi connectivity index (χ2n) is 5.80. The zero-order valence-corrected chi connectivity index (χ0v) is 12.3. The van der Waals surface area contributed by atoms with Gasteiger partial charge in [-0.25, -0.2) is 4.98 Å². The Morgan fingerprint density at radius 2 is 2.27 bits per heavy atom. The SMILES string of the molecule is Nc1cc(CC2CCCCN2)nc2c(-c3cn[nH]c3)cnn12. The highest BCUT2D eigenvalue weighted by molar-refractivity contribution is 5.77. The van der Waals surface area contributed by atoms with Gasteiger partial charge in [-0.2, -0.15) is 14.7 Å². The lowest BCUT2D eigenvalue weighted by atomic mass is 10.0. The normalized spacial score (nSPS) is 18.8. The molecule has 4 rings (SSSR count). The maximum absolute atomic E-state index is 6.15. The molecule has 0 bridgehead atoms. The van der Waals surface area contributed by atoms with Crippen LogP contribution in [0.15, 0.2) is 24.7 Å². The van der Waals surface area contributed by atoms with Crippen LogP contribution in [0.3, 0.4) is 0 Å². The highest BCUT2D eigenvalue weighted by atomic mass is 15.3. The number of nitrogens with zero attached hydrogens (tertiary/aromatic N) is 4. The summed E-state index contributed by atoms with van der Waals surface area (Å²) in [5.74, 6) is 0.616. The van der Waals surface area contributed by atoms with Crippen LogP contribution in [0.2, 0.25) is 0 Å². The molecule has 4 heterocycles. The Morgan fingerprint density at radius 1 is 1.32 bits per heavy atom. The number of piperidine rings is 1. The number of nitrogens with two attached hydrogens (primary N) is 1. The van der Waals surface area contributed by atoms with Gasteiger partial charge in [0, 0.05) is 41.5 Å². The van der Waals surface area contributed by atoms with Crippen molar-refractivity contribution < 1.29 is 0 Å². The molecule has 0 aromatic carbocycles. The number of fused-ring (bicyclic) bond motifs is 1. The van der Waals surface area contributed by atoms with Crippen LogP contribution in [-0.4, -0.2) is 37.4 Å². The molecule has 0 spiro atoms. The maximum atomic E-state index is 6.15. The Kier molecular flexibility index (Phi) is 3.27. The fraction of sp³-hybridized carbons (Fsp3) is 0.400. The summed E-state index contributed by atoms with van der Waals surface area (Å²) in [5, 5.41) is 14.7. The smallest absolute Gasteiger partial charge is 0.165 e. The predicted octanol–water partition coefficient (Wildman–Crippen LogP) is 1.39. The van der Waals surface area contributed by atoms with E-state index >= 15 is 0 Å². The lowest BCUT2D eigenvalue weighted by Gasteiger charge is -2.23. The summed E-state index contributed by atoms with van der Waals surface area (Å²) in [6.45, 7) is 1.09. The van der Waals surface area contributed by atoms with Crippen LogP contribution in [0.5, 0.6) is 0 Å². The van der Waals surface area contributed by atoms with Crippen LogP contribution in [-0.2, 0) is 6.42 Å². The third-order valence-electron chi connectivity index (χ3n) is 4.23. The van der Waals surface area contributed by atoms with Crippen LogP contribution in [0.4, 0.5) is 5.82 Å². The molecule has 1 aliphatic rings. The van der Waals surface area contributed by atoms with E-state index in [2.05, 4.69) is 20.6 Å². The molecule has 7 heteroatoms. The average Bonchev–Trinajstić information content (AvgIpc) is 3.17. The number of aromatic amines is 1. The number of nitrogens with one attached hydrogen (secondary N) is 2. The Balaban J connectivity index is 1.72. The van der Waals surface area contributed by atoms with Crippen LogP contribution in [0.1, 0.15) is 25.0 Å². The molecule has 7 nitrogen and oxygen atoms in total. The summed E-state index contributed by atoms with van der Waals surface area (Å²) in [6.07, 6.45) is 10.0. The third kappa shape index (κ3) is 2.33. The van der Waals surface area contributed by atoms with Gasteiger partial charge in [0.15, 0.2) is 5.65 Å². The largest absolute Gasteiger partial charge is 0.384 e. The zero-order valence-electron chi connectivity index (χ0n) is 12.3. The van der Waals surface area contributed by atoms with Crippen LogP contribution in [0.25, 0.3) is 16.8 Å². The quantitative estimate of drug-likeness (QED) is 0.678. The minimum atomic E-state index is 0.489. The monoisotopic (exact) mass is 297 g/mol. The lowest BCUT2D eigenvalue weighted by Crippen LogP contribution is -2.35. The molecule has 1 unspecified atom stereocenters. The molecule has 0 radical (unpaired) electrons. The van der Waals surface area contributed by atoms with E-state index in [9.17, 15) is 0 Å². The van der Waals surface area contributed by atoms with E-state index in [4.69, 9.17) is 10.7 Å². The van der Waals surface area contributed by atoms with Gasteiger partial charge >= 0.3 is 0 Å². The highest BCUT2D eigenvalue weighted by Gasteiger charge is 2.17. The Morgan fingerprint density at radius 3 is 3.05 bits per heavy atom. The molecule has 4 N–H and O–H groups in total. The Bertz CT molecular complexity index is 769. The molecular weight excluding hydrogens is 278 g/mol. The first-order chi connectivity index (χ1) is 10.8. The number of nitrogen functional groups attached to an aromatic ring is 1. The topological polar surface area (TPSA) is 96.9 Å². The van der Waals surface area contributed by atoms with E-state index in [1.165, 1.54) is 19.3 Å². The van der Waals surface area contributed by atoms with Crippen molar-refractivity contribution in [1.82, 2.24) is 30.1 Å². The van der Waals surface area contributed by atoms with Crippen molar-refractivity contribution in [2.75, 3.05) is 12.3 Å². The van der Waals surface area contributed by atoms with Gasteiger partial charge in [0.05, 0.1) is 12.4 Å². The summed E-state index contributed by atoms with van der Waals surface area (Å²) in [7, 11) is 0. The van der Waals surface area contributed by atoms with Gasteiger partial charge < -0.3 is 11.1 Å². The van der Waals surface area contributed by atoms with Gasteiger partial charge in [0.25, 0.3) is 0 Å². The minimum absolute atomic E-state index is 0.489. The van der Waals surface area contributed by atoms with E-state index in [0.717, 1.165) is 35.4 Å². The molecule has 0 saturated carbocycles. The molecule has 1 aliphatic heterocycles. The van der Waals surface area contributed by atoms with Gasteiger partial charge in [-0.3, -0.25) is 5.10 Å². The van der Waals surface area contributed by atoms with E-state index in [0.29, 0.717) is 11.9 Å². The van der Waals surface area contributed by atoms with Gasteiger partial charge in [-0.05, 0) is 19.4 Å². The van der Waals surface area contributed by atoms with E-state index < -0.39 is 0 Å². The van der Waals surface area contributed by atoms with Gasteiger partial charge in [-0.15, -0.1) is 0 Å². The summed E-state index contributed by atoms with van der Waals surface area (Å²) in [5.41, 5.74) is 9.85. The summed E-state index contributed by atoms with van der Waals surface area (Å²) in [6, 6.07) is 2.42. The van der Waals surface area contributed by atoms with Gasteiger partial charge in [0.1, 0.15) is 5.82 Å². The fourth-order valence-corrected chi connectivity index (χ4v) is 3.10.